The van der Waals surface area contributed by atoms with Gasteiger partial charge in [-0.15, -0.1) is 0 Å². The third-order valence-electron chi connectivity index (χ3n) is 3.95. The molecule has 0 amide bonds. The molecule has 22 heavy (non-hydrogen) atoms. The Kier molecular flexibility index (Phi) is 5.50. The molecule has 0 heterocycles. The van der Waals surface area contributed by atoms with E-state index in [-0.39, 0.29) is 36.0 Å². The molecule has 0 bridgehead atoms. The molecule has 6 heteroatoms. The van der Waals surface area contributed by atoms with Crippen LogP contribution in [-0.4, -0.2) is 29.3 Å². The number of carbonyl (C=O) groups is 2. The summed E-state index contributed by atoms with van der Waals surface area (Å²) in [6.45, 7) is 4.54. The molecular weight excluding hydrogens is 295 g/mol. The van der Waals surface area contributed by atoms with E-state index in [1.807, 2.05) is 0 Å². The van der Waals surface area contributed by atoms with E-state index in [0.717, 1.165) is 0 Å². The molecule has 114 valence electrons. The van der Waals surface area contributed by atoms with Gasteiger partial charge >= 0.3 is 35.5 Å². The number of aliphatic hydroxyl groups excluding tert-OH is 1. The van der Waals surface area contributed by atoms with Crippen molar-refractivity contribution < 1.29 is 54.1 Å². The van der Waals surface area contributed by atoms with Gasteiger partial charge in [0.15, 0.2) is 0 Å². The second kappa shape index (κ2) is 6.32. The van der Waals surface area contributed by atoms with Crippen LogP contribution in [-0.2, 0) is 19.7 Å². The van der Waals surface area contributed by atoms with Gasteiger partial charge in [-0.1, -0.05) is 30.3 Å². The number of ether oxygens (including phenoxy) is 1. The zero-order valence-corrected chi connectivity index (χ0v) is 15.4. The van der Waals surface area contributed by atoms with Crippen LogP contribution in [0.1, 0.15) is 32.8 Å². The monoisotopic (exact) mass is 314 g/mol. The molecule has 1 aromatic rings. The molecule has 0 aromatic heterocycles. The third-order valence-corrected chi connectivity index (χ3v) is 3.95. The van der Waals surface area contributed by atoms with Crippen LogP contribution < -0.4 is 34.7 Å². The maximum Gasteiger partial charge on any atom is 1.00 e. The molecular formula is C16H19NaO5. The van der Waals surface area contributed by atoms with Crippen LogP contribution in [0.5, 0.6) is 0 Å². The van der Waals surface area contributed by atoms with Crippen molar-refractivity contribution in [1.82, 2.24) is 0 Å². The number of benzene rings is 1. The summed E-state index contributed by atoms with van der Waals surface area (Å²) >= 11 is 0. The summed E-state index contributed by atoms with van der Waals surface area (Å²) in [5, 5.41) is 21.4. The maximum absolute atomic E-state index is 12.4. The SMILES string of the molecule is CC(C)(C)OC(=O)[C@]1(C(=O)[O-])C[C@]1(CO)c1ccccc1.[Na+]. The van der Waals surface area contributed by atoms with E-state index in [9.17, 15) is 19.8 Å². The van der Waals surface area contributed by atoms with Gasteiger partial charge in [0, 0.05) is 5.41 Å². The molecule has 1 aliphatic rings. The van der Waals surface area contributed by atoms with E-state index in [1.165, 1.54) is 0 Å². The van der Waals surface area contributed by atoms with E-state index >= 15 is 0 Å². The molecule has 0 saturated heterocycles. The summed E-state index contributed by atoms with van der Waals surface area (Å²) < 4.78 is 5.23. The number of aliphatic hydroxyl groups is 1. The Bertz CT molecular complexity index is 566. The topological polar surface area (TPSA) is 86.7 Å². The molecule has 1 aliphatic carbocycles. The van der Waals surface area contributed by atoms with Crippen molar-refractivity contribution in [1.29, 1.82) is 0 Å². The van der Waals surface area contributed by atoms with E-state index in [1.54, 1.807) is 51.1 Å². The number of hydrogen-bond donors (Lipinski definition) is 1. The summed E-state index contributed by atoms with van der Waals surface area (Å²) in [5.41, 5.74) is -3.20. The zero-order valence-electron chi connectivity index (χ0n) is 13.4. The fraction of sp³-hybridized carbons (Fsp3) is 0.500. The van der Waals surface area contributed by atoms with Crippen LogP contribution in [0.4, 0.5) is 0 Å². The molecule has 1 fully saturated rings. The van der Waals surface area contributed by atoms with Crippen LogP contribution in [0, 0.1) is 5.41 Å². The number of carboxylic acid groups (broad SMARTS) is 1. The van der Waals surface area contributed by atoms with Gasteiger partial charge in [0.1, 0.15) is 11.0 Å². The van der Waals surface area contributed by atoms with Gasteiger partial charge in [0.25, 0.3) is 0 Å². The number of esters is 1. The normalized spacial score (nSPS) is 26.7. The van der Waals surface area contributed by atoms with Gasteiger partial charge in [-0.25, -0.2) is 0 Å². The van der Waals surface area contributed by atoms with Crippen molar-refractivity contribution in [2.45, 2.75) is 38.2 Å². The molecule has 1 N–H and O–H groups in total. The van der Waals surface area contributed by atoms with Crippen LogP contribution in [0.25, 0.3) is 0 Å². The summed E-state index contributed by atoms with van der Waals surface area (Å²) in [4.78, 5) is 24.0. The Labute approximate surface area is 152 Å². The van der Waals surface area contributed by atoms with Gasteiger partial charge in [-0.3, -0.25) is 4.79 Å². The molecule has 2 atom stereocenters. The van der Waals surface area contributed by atoms with Crippen molar-refractivity contribution in [2.75, 3.05) is 6.61 Å². The predicted octanol–water partition coefficient (Wildman–Crippen LogP) is -2.60. The second-order valence-corrected chi connectivity index (χ2v) is 6.48. The number of carboxylic acids is 1. The fourth-order valence-corrected chi connectivity index (χ4v) is 2.78. The number of rotatable bonds is 4. The molecule has 1 saturated carbocycles. The standard InChI is InChI=1S/C16H20O5.Na/c1-14(2,3)21-13(20)16(12(18)19)9-15(16,10-17)11-7-5-4-6-8-11;/h4-8,17H,9-10H2,1-3H3,(H,18,19);/q;+1/p-1/t15-,16+;/m0./s1. The second-order valence-electron chi connectivity index (χ2n) is 6.48. The predicted molar refractivity (Wildman–Crippen MR) is 73.1 cm³/mol. The Morgan fingerprint density at radius 3 is 2.23 bits per heavy atom. The minimum Gasteiger partial charge on any atom is -0.549 e. The van der Waals surface area contributed by atoms with Crippen molar-refractivity contribution in [2.24, 2.45) is 5.41 Å². The minimum absolute atomic E-state index is 0. The van der Waals surface area contributed by atoms with Crippen LogP contribution in [0.3, 0.4) is 0 Å². The van der Waals surface area contributed by atoms with Crippen molar-refractivity contribution >= 4 is 11.9 Å². The maximum atomic E-state index is 12.4. The Balaban J connectivity index is 0.00000242. The molecule has 0 radical (unpaired) electrons. The smallest absolute Gasteiger partial charge is 0.549 e. The van der Waals surface area contributed by atoms with Crippen molar-refractivity contribution in [3.63, 3.8) is 0 Å². The number of aliphatic carboxylic acids is 1. The van der Waals surface area contributed by atoms with E-state index < -0.39 is 35.0 Å². The Morgan fingerprint density at radius 2 is 1.82 bits per heavy atom. The van der Waals surface area contributed by atoms with Gasteiger partial charge in [-0.2, -0.15) is 0 Å². The van der Waals surface area contributed by atoms with Crippen LogP contribution >= 0.6 is 0 Å². The molecule has 0 aliphatic heterocycles. The number of hydrogen-bond acceptors (Lipinski definition) is 5. The van der Waals surface area contributed by atoms with Gasteiger partial charge in [0.05, 0.1) is 12.6 Å². The molecule has 0 unspecified atom stereocenters. The first-order valence-electron chi connectivity index (χ1n) is 6.81. The quantitative estimate of drug-likeness (QED) is 0.374. The minimum atomic E-state index is -1.82. The van der Waals surface area contributed by atoms with Crippen LogP contribution in [0.15, 0.2) is 30.3 Å². The average molecular weight is 314 g/mol. The molecule has 2 rings (SSSR count). The van der Waals surface area contributed by atoms with Gasteiger partial charge in [0.2, 0.25) is 0 Å². The third kappa shape index (κ3) is 2.95. The average Bonchev–Trinajstić information content (AvgIpc) is 3.10. The van der Waals surface area contributed by atoms with Crippen LogP contribution in [0.2, 0.25) is 0 Å². The Morgan fingerprint density at radius 1 is 1.27 bits per heavy atom. The first kappa shape index (κ1) is 19.2. The first-order chi connectivity index (χ1) is 9.69. The summed E-state index contributed by atoms with van der Waals surface area (Å²) in [5.74, 6) is -2.36. The zero-order chi connectivity index (χ0) is 15.9. The van der Waals surface area contributed by atoms with E-state index in [2.05, 4.69) is 0 Å². The summed E-state index contributed by atoms with van der Waals surface area (Å²) in [6, 6.07) is 8.65. The molecule has 0 spiro atoms. The molecule has 5 nitrogen and oxygen atoms in total. The van der Waals surface area contributed by atoms with Crippen molar-refractivity contribution in [3.8, 4) is 0 Å². The van der Waals surface area contributed by atoms with Crippen molar-refractivity contribution in [3.05, 3.63) is 35.9 Å². The van der Waals surface area contributed by atoms with Gasteiger partial charge < -0.3 is 19.7 Å². The van der Waals surface area contributed by atoms with E-state index in [4.69, 9.17) is 4.74 Å². The number of carbonyl (C=O) groups excluding carboxylic acids is 2. The summed E-state index contributed by atoms with van der Waals surface area (Å²) in [7, 11) is 0. The largest absolute Gasteiger partial charge is 1.00 e. The molecule has 1 aromatic carbocycles. The van der Waals surface area contributed by atoms with E-state index in [0.29, 0.717) is 5.56 Å². The van der Waals surface area contributed by atoms with Gasteiger partial charge in [-0.05, 0) is 32.8 Å². The Hall–Kier alpha value is -0.880. The first-order valence-corrected chi connectivity index (χ1v) is 6.81. The fourth-order valence-electron chi connectivity index (χ4n) is 2.78. The summed E-state index contributed by atoms with van der Waals surface area (Å²) in [6.07, 6.45) is -0.0161.